The molecule has 0 atom stereocenters. The molecule has 0 saturated heterocycles. The molecule has 0 radical (unpaired) electrons. The molecule has 0 amide bonds. The van der Waals surface area contributed by atoms with E-state index in [-0.39, 0.29) is 6.61 Å². The van der Waals surface area contributed by atoms with Crippen LogP contribution in [0.2, 0.25) is 0 Å². The van der Waals surface area contributed by atoms with Gasteiger partial charge in [0.05, 0.1) is 0 Å². The Balaban J connectivity index is 1.83. The zero-order chi connectivity index (χ0) is 12.1. The van der Waals surface area contributed by atoms with Crippen LogP contribution in [0.25, 0.3) is 0 Å². The molecule has 1 aromatic carbocycles. The molecule has 0 bridgehead atoms. The summed E-state index contributed by atoms with van der Waals surface area (Å²) in [7, 11) is 0. The number of nitriles is 1. The molecule has 1 aromatic rings. The van der Waals surface area contributed by atoms with Crippen molar-refractivity contribution in [3.63, 3.8) is 0 Å². The van der Waals surface area contributed by atoms with Crippen molar-refractivity contribution in [1.82, 2.24) is 5.32 Å². The number of hydrogen-bond acceptors (Lipinski definition) is 3. The van der Waals surface area contributed by atoms with E-state index in [2.05, 4.69) is 12.2 Å². The third-order valence-corrected chi connectivity index (χ3v) is 3.40. The Morgan fingerprint density at radius 1 is 1.35 bits per heavy atom. The molecule has 0 aromatic heterocycles. The van der Waals surface area contributed by atoms with E-state index in [1.165, 1.54) is 24.8 Å². The van der Waals surface area contributed by atoms with Crippen molar-refractivity contribution in [2.45, 2.75) is 38.3 Å². The van der Waals surface area contributed by atoms with E-state index in [1.54, 1.807) is 0 Å². The van der Waals surface area contributed by atoms with E-state index in [0.717, 1.165) is 12.3 Å². The van der Waals surface area contributed by atoms with Gasteiger partial charge in [-0.3, -0.25) is 0 Å². The van der Waals surface area contributed by atoms with Crippen LogP contribution in [-0.4, -0.2) is 12.1 Å². The third kappa shape index (κ3) is 3.21. The van der Waals surface area contributed by atoms with E-state index in [0.29, 0.717) is 5.54 Å². The number of hydrogen-bond donors (Lipinski definition) is 1. The molecule has 90 valence electrons. The van der Waals surface area contributed by atoms with Gasteiger partial charge in [0, 0.05) is 12.1 Å². The van der Waals surface area contributed by atoms with Crippen LogP contribution in [0, 0.1) is 11.3 Å². The third-order valence-electron chi connectivity index (χ3n) is 3.40. The van der Waals surface area contributed by atoms with Crippen LogP contribution in [0.5, 0.6) is 5.75 Å². The van der Waals surface area contributed by atoms with E-state index in [1.807, 2.05) is 30.3 Å². The first-order valence-electron chi connectivity index (χ1n) is 6.06. The maximum absolute atomic E-state index is 8.40. The second kappa shape index (κ2) is 5.20. The molecule has 1 N–H and O–H groups in total. The summed E-state index contributed by atoms with van der Waals surface area (Å²) in [5.74, 6) is 0.755. The summed E-state index contributed by atoms with van der Waals surface area (Å²) in [5.41, 5.74) is 1.60. The predicted molar refractivity (Wildman–Crippen MR) is 66.6 cm³/mol. The SMILES string of the molecule is CC1(NCc2ccc(OCC#N)cc2)CCC1. The Bertz CT molecular complexity index is 401. The molecular weight excluding hydrogens is 212 g/mol. The Morgan fingerprint density at radius 3 is 2.59 bits per heavy atom. The second-order valence-corrected chi connectivity index (χ2v) is 4.86. The van der Waals surface area contributed by atoms with Gasteiger partial charge in [0.2, 0.25) is 0 Å². The monoisotopic (exact) mass is 230 g/mol. The molecule has 0 heterocycles. The van der Waals surface area contributed by atoms with E-state index < -0.39 is 0 Å². The van der Waals surface area contributed by atoms with Gasteiger partial charge in [-0.1, -0.05) is 12.1 Å². The number of benzene rings is 1. The lowest BCUT2D eigenvalue weighted by Gasteiger charge is -2.39. The topological polar surface area (TPSA) is 45.0 Å². The lowest BCUT2D eigenvalue weighted by Crippen LogP contribution is -2.47. The molecule has 2 rings (SSSR count). The standard InChI is InChI=1S/C14H18N2O/c1-14(7-2-8-14)16-11-12-3-5-13(6-4-12)17-10-9-15/h3-6,16H,2,7-8,10-11H2,1H3. The minimum atomic E-state index is 0.107. The van der Waals surface area contributed by atoms with Crippen LogP contribution in [-0.2, 0) is 6.54 Å². The molecule has 1 aliphatic carbocycles. The molecule has 3 heteroatoms. The highest BCUT2D eigenvalue weighted by Gasteiger charge is 2.30. The Hall–Kier alpha value is -1.53. The molecule has 17 heavy (non-hydrogen) atoms. The fourth-order valence-corrected chi connectivity index (χ4v) is 2.02. The Labute approximate surface area is 102 Å². The van der Waals surface area contributed by atoms with Crippen molar-refractivity contribution in [3.8, 4) is 11.8 Å². The summed E-state index contributed by atoms with van der Waals surface area (Å²) in [6.07, 6.45) is 3.89. The first-order valence-corrected chi connectivity index (χ1v) is 6.06. The van der Waals surface area contributed by atoms with Gasteiger partial charge in [0.1, 0.15) is 11.8 Å². The van der Waals surface area contributed by atoms with Gasteiger partial charge >= 0.3 is 0 Å². The van der Waals surface area contributed by atoms with Crippen molar-refractivity contribution < 1.29 is 4.74 Å². The van der Waals surface area contributed by atoms with E-state index in [4.69, 9.17) is 10.00 Å². The lowest BCUT2D eigenvalue weighted by atomic mass is 9.78. The van der Waals surface area contributed by atoms with Gasteiger partial charge in [0.25, 0.3) is 0 Å². The fraction of sp³-hybridized carbons (Fsp3) is 0.500. The smallest absolute Gasteiger partial charge is 0.174 e. The summed E-state index contributed by atoms with van der Waals surface area (Å²) in [4.78, 5) is 0. The van der Waals surface area contributed by atoms with Crippen molar-refractivity contribution in [1.29, 1.82) is 5.26 Å². The first kappa shape index (κ1) is 11.9. The molecule has 0 spiro atoms. The van der Waals surface area contributed by atoms with E-state index in [9.17, 15) is 0 Å². The van der Waals surface area contributed by atoms with Gasteiger partial charge < -0.3 is 10.1 Å². The normalized spacial score (nSPS) is 16.9. The van der Waals surface area contributed by atoms with E-state index >= 15 is 0 Å². The summed E-state index contributed by atoms with van der Waals surface area (Å²) in [6, 6.07) is 9.87. The van der Waals surface area contributed by atoms with Crippen molar-refractivity contribution in [2.24, 2.45) is 0 Å². The van der Waals surface area contributed by atoms with Crippen LogP contribution < -0.4 is 10.1 Å². The number of rotatable bonds is 5. The summed E-state index contributed by atoms with van der Waals surface area (Å²) >= 11 is 0. The second-order valence-electron chi connectivity index (χ2n) is 4.86. The summed E-state index contributed by atoms with van der Waals surface area (Å²) < 4.78 is 5.21. The highest BCUT2D eigenvalue weighted by molar-refractivity contribution is 5.27. The van der Waals surface area contributed by atoms with Gasteiger partial charge in [0.15, 0.2) is 6.61 Å². The van der Waals surface area contributed by atoms with Crippen LogP contribution >= 0.6 is 0 Å². The average Bonchev–Trinajstić information content (AvgIpc) is 2.33. The predicted octanol–water partition coefficient (Wildman–Crippen LogP) is 2.62. The van der Waals surface area contributed by atoms with Crippen LogP contribution in [0.15, 0.2) is 24.3 Å². The highest BCUT2D eigenvalue weighted by Crippen LogP contribution is 2.31. The van der Waals surface area contributed by atoms with Crippen molar-refractivity contribution in [2.75, 3.05) is 6.61 Å². The minimum absolute atomic E-state index is 0.107. The zero-order valence-corrected chi connectivity index (χ0v) is 10.2. The summed E-state index contributed by atoms with van der Waals surface area (Å²) in [6.45, 7) is 3.28. The van der Waals surface area contributed by atoms with Gasteiger partial charge in [-0.2, -0.15) is 5.26 Å². The van der Waals surface area contributed by atoms with Gasteiger partial charge in [-0.25, -0.2) is 0 Å². The Morgan fingerprint density at radius 2 is 2.06 bits per heavy atom. The molecule has 1 saturated carbocycles. The maximum atomic E-state index is 8.40. The Kier molecular flexibility index (Phi) is 3.65. The number of nitrogens with zero attached hydrogens (tertiary/aromatic N) is 1. The van der Waals surface area contributed by atoms with Crippen LogP contribution in [0.1, 0.15) is 31.7 Å². The fourth-order valence-electron chi connectivity index (χ4n) is 2.02. The highest BCUT2D eigenvalue weighted by atomic mass is 16.5. The zero-order valence-electron chi connectivity index (χ0n) is 10.2. The molecule has 1 aliphatic rings. The van der Waals surface area contributed by atoms with Gasteiger partial charge in [-0.15, -0.1) is 0 Å². The number of ether oxygens (including phenoxy) is 1. The largest absolute Gasteiger partial charge is 0.479 e. The molecular formula is C14H18N2O. The first-order chi connectivity index (χ1) is 8.22. The lowest BCUT2D eigenvalue weighted by molar-refractivity contribution is 0.207. The molecule has 1 fully saturated rings. The number of nitrogens with one attached hydrogen (secondary N) is 1. The average molecular weight is 230 g/mol. The minimum Gasteiger partial charge on any atom is -0.479 e. The van der Waals surface area contributed by atoms with Crippen molar-refractivity contribution in [3.05, 3.63) is 29.8 Å². The maximum Gasteiger partial charge on any atom is 0.174 e. The molecule has 3 nitrogen and oxygen atoms in total. The summed E-state index contributed by atoms with van der Waals surface area (Å²) in [5, 5.41) is 12.0. The molecule has 0 unspecified atom stereocenters. The van der Waals surface area contributed by atoms with Crippen LogP contribution in [0.4, 0.5) is 0 Å². The molecule has 0 aliphatic heterocycles. The van der Waals surface area contributed by atoms with Gasteiger partial charge in [-0.05, 0) is 43.9 Å². The van der Waals surface area contributed by atoms with Crippen molar-refractivity contribution >= 4 is 0 Å². The quantitative estimate of drug-likeness (QED) is 0.845. The van der Waals surface area contributed by atoms with Crippen LogP contribution in [0.3, 0.4) is 0 Å².